The molecule has 0 atom stereocenters. The third-order valence-electron chi connectivity index (χ3n) is 2.97. The lowest BCUT2D eigenvalue weighted by Crippen LogP contribution is -2.09. The Balaban J connectivity index is 2.03. The van der Waals surface area contributed by atoms with Crippen molar-refractivity contribution in [3.63, 3.8) is 0 Å². The highest BCUT2D eigenvalue weighted by molar-refractivity contribution is 6.31. The number of esters is 1. The summed E-state index contributed by atoms with van der Waals surface area (Å²) < 4.78 is 4.92. The van der Waals surface area contributed by atoms with Crippen molar-refractivity contribution >= 4 is 41.5 Å². The number of carbonyl (C=O) groups excluding carboxylic acids is 3. The van der Waals surface area contributed by atoms with Crippen LogP contribution in [0.5, 0.6) is 5.75 Å². The second kappa shape index (κ2) is 8.08. The van der Waals surface area contributed by atoms with Crippen molar-refractivity contribution in [1.82, 2.24) is 0 Å². The monoisotopic (exact) mass is 343 g/mol. The van der Waals surface area contributed by atoms with E-state index >= 15 is 0 Å². The summed E-state index contributed by atoms with van der Waals surface area (Å²) in [5.74, 6) is -0.350. The van der Waals surface area contributed by atoms with Crippen LogP contribution < -0.4 is 10.1 Å². The molecular weight excluding hydrogens is 330 g/mol. The van der Waals surface area contributed by atoms with E-state index in [-0.39, 0.29) is 5.91 Å². The van der Waals surface area contributed by atoms with Crippen molar-refractivity contribution < 1.29 is 19.1 Å². The van der Waals surface area contributed by atoms with Crippen molar-refractivity contribution in [3.05, 3.63) is 64.7 Å². The fourth-order valence-electron chi connectivity index (χ4n) is 1.90. The first kappa shape index (κ1) is 17.4. The summed E-state index contributed by atoms with van der Waals surface area (Å²) in [7, 11) is 0. The molecule has 0 saturated carbocycles. The van der Waals surface area contributed by atoms with E-state index in [1.807, 2.05) is 0 Å². The summed E-state index contributed by atoms with van der Waals surface area (Å²) in [5.41, 5.74) is 1.44. The Labute approximate surface area is 143 Å². The van der Waals surface area contributed by atoms with Crippen LogP contribution in [0.25, 0.3) is 6.08 Å². The van der Waals surface area contributed by atoms with E-state index in [4.69, 9.17) is 16.3 Å². The molecule has 1 N–H and O–H groups in total. The molecule has 24 heavy (non-hydrogen) atoms. The number of hydrogen-bond donors (Lipinski definition) is 1. The van der Waals surface area contributed by atoms with Gasteiger partial charge in [0.05, 0.1) is 5.69 Å². The van der Waals surface area contributed by atoms with Gasteiger partial charge in [-0.3, -0.25) is 14.4 Å². The van der Waals surface area contributed by atoms with Crippen molar-refractivity contribution in [3.8, 4) is 5.75 Å². The van der Waals surface area contributed by atoms with Crippen LogP contribution in [0.15, 0.2) is 48.5 Å². The molecule has 0 aromatic heterocycles. The summed E-state index contributed by atoms with van der Waals surface area (Å²) in [6, 6.07) is 11.3. The maximum Gasteiger partial charge on any atom is 0.308 e. The Morgan fingerprint density at radius 1 is 1.12 bits per heavy atom. The van der Waals surface area contributed by atoms with Crippen LogP contribution in [0.4, 0.5) is 5.69 Å². The topological polar surface area (TPSA) is 72.5 Å². The van der Waals surface area contributed by atoms with Crippen LogP contribution in [-0.2, 0) is 9.59 Å². The Bertz CT molecular complexity index is 797. The number of aldehydes is 1. The first-order chi connectivity index (χ1) is 11.5. The van der Waals surface area contributed by atoms with Gasteiger partial charge in [-0.25, -0.2) is 0 Å². The molecule has 0 aliphatic heterocycles. The Hall–Kier alpha value is -2.92. The summed E-state index contributed by atoms with van der Waals surface area (Å²) in [6.07, 6.45) is 3.56. The molecule has 0 spiro atoms. The molecule has 2 aromatic rings. The van der Waals surface area contributed by atoms with Crippen LogP contribution >= 0.6 is 11.6 Å². The molecule has 0 aliphatic carbocycles. The normalized spacial score (nSPS) is 10.4. The largest absolute Gasteiger partial charge is 0.427 e. The number of carbonyl (C=O) groups is 3. The second-order valence-corrected chi connectivity index (χ2v) is 5.27. The number of benzene rings is 2. The summed E-state index contributed by atoms with van der Waals surface area (Å²) >= 11 is 5.80. The highest BCUT2D eigenvalue weighted by atomic mass is 35.5. The molecule has 0 unspecified atom stereocenters. The fourth-order valence-corrected chi connectivity index (χ4v) is 2.08. The lowest BCUT2D eigenvalue weighted by Gasteiger charge is -2.05. The van der Waals surface area contributed by atoms with E-state index in [9.17, 15) is 14.4 Å². The van der Waals surface area contributed by atoms with Gasteiger partial charge in [0.1, 0.15) is 5.75 Å². The van der Waals surface area contributed by atoms with Gasteiger partial charge in [0.15, 0.2) is 6.29 Å². The number of nitrogens with one attached hydrogen (secondary N) is 1. The predicted octanol–water partition coefficient (Wildman–Crippen LogP) is 3.73. The number of ether oxygens (including phenoxy) is 1. The van der Waals surface area contributed by atoms with Crippen LogP contribution in [0.1, 0.15) is 22.8 Å². The average molecular weight is 344 g/mol. The molecule has 0 radical (unpaired) electrons. The number of amides is 1. The molecule has 0 heterocycles. The third-order valence-corrected chi connectivity index (χ3v) is 3.20. The van der Waals surface area contributed by atoms with Crippen molar-refractivity contribution in [1.29, 1.82) is 0 Å². The molecule has 0 fully saturated rings. The van der Waals surface area contributed by atoms with Gasteiger partial charge in [-0.2, -0.15) is 0 Å². The first-order valence-electron chi connectivity index (χ1n) is 7.00. The Morgan fingerprint density at radius 3 is 2.46 bits per heavy atom. The van der Waals surface area contributed by atoms with Gasteiger partial charge >= 0.3 is 5.97 Å². The van der Waals surface area contributed by atoms with E-state index in [1.165, 1.54) is 19.1 Å². The molecule has 1 amide bonds. The highest BCUT2D eigenvalue weighted by Gasteiger charge is 2.05. The van der Waals surface area contributed by atoms with Crippen LogP contribution in [-0.4, -0.2) is 18.2 Å². The summed E-state index contributed by atoms with van der Waals surface area (Å²) in [4.78, 5) is 33.8. The molecular formula is C18H14ClNO4. The second-order valence-electron chi connectivity index (χ2n) is 4.83. The predicted molar refractivity (Wildman–Crippen MR) is 92.3 cm³/mol. The van der Waals surface area contributed by atoms with Gasteiger partial charge in [0.25, 0.3) is 0 Å². The molecule has 2 rings (SSSR count). The van der Waals surface area contributed by atoms with Crippen LogP contribution in [0.2, 0.25) is 5.02 Å². The molecule has 5 nitrogen and oxygen atoms in total. The van der Waals surface area contributed by atoms with Gasteiger partial charge in [-0.15, -0.1) is 0 Å². The molecule has 0 bridgehead atoms. The standard InChI is InChI=1S/C18H14ClNO4/c1-12(22)24-16-6-2-13(3-7-16)4-9-18(23)20-17-8-5-15(19)10-14(17)11-21/h2-11H,1H3,(H,20,23)/b9-4+. The zero-order chi connectivity index (χ0) is 17.5. The van der Waals surface area contributed by atoms with Gasteiger partial charge in [-0.05, 0) is 42.0 Å². The van der Waals surface area contributed by atoms with Crippen LogP contribution in [0.3, 0.4) is 0 Å². The van der Waals surface area contributed by atoms with E-state index in [1.54, 1.807) is 42.5 Å². The van der Waals surface area contributed by atoms with E-state index in [2.05, 4.69) is 5.32 Å². The van der Waals surface area contributed by atoms with E-state index in [0.717, 1.165) is 5.56 Å². The van der Waals surface area contributed by atoms with Gasteiger partial charge in [0.2, 0.25) is 5.91 Å². The van der Waals surface area contributed by atoms with E-state index in [0.29, 0.717) is 28.3 Å². The third kappa shape index (κ3) is 5.07. The Kier molecular flexibility index (Phi) is 5.87. The van der Waals surface area contributed by atoms with Crippen molar-refractivity contribution in [2.24, 2.45) is 0 Å². The molecule has 122 valence electrons. The summed E-state index contributed by atoms with van der Waals surface area (Å²) in [5, 5.41) is 3.03. The van der Waals surface area contributed by atoms with Gasteiger partial charge in [0, 0.05) is 23.6 Å². The Morgan fingerprint density at radius 2 is 1.83 bits per heavy atom. The van der Waals surface area contributed by atoms with E-state index < -0.39 is 5.97 Å². The van der Waals surface area contributed by atoms with Crippen molar-refractivity contribution in [2.45, 2.75) is 6.92 Å². The quantitative estimate of drug-likeness (QED) is 0.388. The van der Waals surface area contributed by atoms with Gasteiger partial charge in [-0.1, -0.05) is 23.7 Å². The average Bonchev–Trinajstić information content (AvgIpc) is 2.55. The first-order valence-corrected chi connectivity index (χ1v) is 7.38. The lowest BCUT2D eigenvalue weighted by atomic mass is 10.2. The van der Waals surface area contributed by atoms with Crippen LogP contribution in [0, 0.1) is 0 Å². The molecule has 6 heteroatoms. The molecule has 2 aromatic carbocycles. The minimum absolute atomic E-state index is 0.301. The zero-order valence-electron chi connectivity index (χ0n) is 12.8. The van der Waals surface area contributed by atoms with Gasteiger partial charge < -0.3 is 10.1 Å². The van der Waals surface area contributed by atoms with Crippen molar-refractivity contribution in [2.75, 3.05) is 5.32 Å². The zero-order valence-corrected chi connectivity index (χ0v) is 13.5. The minimum atomic E-state index is -0.397. The minimum Gasteiger partial charge on any atom is -0.427 e. The highest BCUT2D eigenvalue weighted by Crippen LogP contribution is 2.19. The number of rotatable bonds is 5. The molecule has 0 aliphatic rings. The SMILES string of the molecule is CC(=O)Oc1ccc(/C=C/C(=O)Nc2ccc(Cl)cc2C=O)cc1. The maximum atomic E-state index is 11.9. The summed E-state index contributed by atoms with van der Waals surface area (Å²) in [6.45, 7) is 1.32. The lowest BCUT2D eigenvalue weighted by molar-refractivity contribution is -0.131. The molecule has 0 saturated heterocycles. The number of hydrogen-bond acceptors (Lipinski definition) is 4. The smallest absolute Gasteiger partial charge is 0.308 e. The number of anilines is 1. The fraction of sp³-hybridized carbons (Fsp3) is 0.0556. The maximum absolute atomic E-state index is 11.9. The number of halogens is 1.